The lowest BCUT2D eigenvalue weighted by molar-refractivity contribution is -0.384. The van der Waals surface area contributed by atoms with Gasteiger partial charge < -0.3 is 9.84 Å². The van der Waals surface area contributed by atoms with Crippen LogP contribution in [0.3, 0.4) is 0 Å². The number of morpholine rings is 1. The Bertz CT molecular complexity index is 435. The molecule has 1 saturated heterocycles. The molecule has 0 radical (unpaired) electrons. The summed E-state index contributed by atoms with van der Waals surface area (Å²) in [5.74, 6) is 0. The van der Waals surface area contributed by atoms with Crippen molar-refractivity contribution in [1.82, 2.24) is 4.90 Å². The van der Waals surface area contributed by atoms with E-state index in [1.807, 2.05) is 0 Å². The smallest absolute Gasteiger partial charge is 0.269 e. The van der Waals surface area contributed by atoms with Crippen LogP contribution in [0.1, 0.15) is 12.5 Å². The number of benzene rings is 1. The van der Waals surface area contributed by atoms with Crippen LogP contribution in [0.15, 0.2) is 24.3 Å². The molecule has 2 rings (SSSR count). The molecule has 0 amide bonds. The number of nitro benzene ring substituents is 1. The Morgan fingerprint density at radius 1 is 1.47 bits per heavy atom. The third-order valence-electron chi connectivity index (χ3n) is 3.37. The first-order valence-electron chi connectivity index (χ1n) is 6.30. The lowest BCUT2D eigenvalue weighted by Gasteiger charge is -2.37. The zero-order valence-corrected chi connectivity index (χ0v) is 10.9. The number of hydrogen-bond acceptors (Lipinski definition) is 5. The summed E-state index contributed by atoms with van der Waals surface area (Å²) in [5.41, 5.74) is 1.13. The van der Waals surface area contributed by atoms with Crippen LogP contribution in [-0.2, 0) is 11.3 Å². The molecule has 19 heavy (non-hydrogen) atoms. The fourth-order valence-electron chi connectivity index (χ4n) is 2.16. The summed E-state index contributed by atoms with van der Waals surface area (Å²) in [6.45, 7) is 4.06. The summed E-state index contributed by atoms with van der Waals surface area (Å²) in [6, 6.07) is 6.86. The second-order valence-electron chi connectivity index (χ2n) is 4.84. The predicted molar refractivity (Wildman–Crippen MR) is 69.8 cm³/mol. The average Bonchev–Trinajstić information content (AvgIpc) is 2.42. The maximum Gasteiger partial charge on any atom is 0.269 e. The number of rotatable bonds is 4. The Kier molecular flexibility index (Phi) is 4.47. The van der Waals surface area contributed by atoms with E-state index in [9.17, 15) is 10.1 Å². The van der Waals surface area contributed by atoms with Crippen LogP contribution < -0.4 is 0 Å². The highest BCUT2D eigenvalue weighted by Gasteiger charge is 2.25. The highest BCUT2D eigenvalue weighted by atomic mass is 16.6. The lowest BCUT2D eigenvalue weighted by Crippen LogP contribution is -2.48. The minimum atomic E-state index is -0.400. The van der Waals surface area contributed by atoms with E-state index in [4.69, 9.17) is 9.84 Å². The molecule has 1 aromatic rings. The van der Waals surface area contributed by atoms with Crippen LogP contribution in [0.4, 0.5) is 5.69 Å². The number of hydrogen-bond donors (Lipinski definition) is 1. The van der Waals surface area contributed by atoms with Gasteiger partial charge in [-0.2, -0.15) is 0 Å². The molecule has 6 nitrogen and oxygen atoms in total. The molecule has 1 N–H and O–H groups in total. The summed E-state index contributed by atoms with van der Waals surface area (Å²) in [6.07, 6.45) is -0.144. The van der Waals surface area contributed by atoms with E-state index in [-0.39, 0.29) is 24.4 Å². The molecule has 1 aromatic carbocycles. The molecule has 0 spiro atoms. The van der Waals surface area contributed by atoms with Crippen molar-refractivity contribution in [3.63, 3.8) is 0 Å². The normalized spacial score (nSPS) is 24.3. The quantitative estimate of drug-likeness (QED) is 0.654. The third-order valence-corrected chi connectivity index (χ3v) is 3.37. The van der Waals surface area contributed by atoms with Gasteiger partial charge in [0.25, 0.3) is 5.69 Å². The van der Waals surface area contributed by atoms with Crippen LogP contribution in [-0.4, -0.2) is 46.8 Å². The van der Waals surface area contributed by atoms with Gasteiger partial charge in [0.2, 0.25) is 0 Å². The van der Waals surface area contributed by atoms with E-state index >= 15 is 0 Å². The van der Waals surface area contributed by atoms with Gasteiger partial charge in [-0.05, 0) is 12.5 Å². The van der Waals surface area contributed by atoms with Crippen molar-refractivity contribution in [1.29, 1.82) is 0 Å². The molecular formula is C13H18N2O4. The molecule has 1 heterocycles. The van der Waals surface area contributed by atoms with Crippen LogP contribution in [0.2, 0.25) is 0 Å². The molecule has 0 aromatic heterocycles. The molecule has 0 saturated carbocycles. The second-order valence-corrected chi connectivity index (χ2v) is 4.84. The van der Waals surface area contributed by atoms with E-state index in [2.05, 4.69) is 11.8 Å². The zero-order chi connectivity index (χ0) is 13.8. The van der Waals surface area contributed by atoms with Gasteiger partial charge in [0.15, 0.2) is 0 Å². The maximum atomic E-state index is 10.6. The van der Waals surface area contributed by atoms with Gasteiger partial charge in [-0.15, -0.1) is 0 Å². The van der Waals surface area contributed by atoms with E-state index in [1.54, 1.807) is 12.1 Å². The summed E-state index contributed by atoms with van der Waals surface area (Å²) in [4.78, 5) is 12.4. The van der Waals surface area contributed by atoms with Crippen LogP contribution in [0.25, 0.3) is 0 Å². The number of aliphatic hydroxyl groups is 1. The Morgan fingerprint density at radius 2 is 2.16 bits per heavy atom. The van der Waals surface area contributed by atoms with Crippen molar-refractivity contribution in [3.05, 3.63) is 39.9 Å². The van der Waals surface area contributed by atoms with Crippen molar-refractivity contribution >= 4 is 5.69 Å². The highest BCUT2D eigenvalue weighted by molar-refractivity contribution is 5.32. The molecular weight excluding hydrogens is 248 g/mol. The first kappa shape index (κ1) is 13.9. The van der Waals surface area contributed by atoms with Crippen LogP contribution in [0.5, 0.6) is 0 Å². The van der Waals surface area contributed by atoms with Gasteiger partial charge in [0, 0.05) is 31.3 Å². The van der Waals surface area contributed by atoms with Crippen molar-refractivity contribution in [2.24, 2.45) is 0 Å². The summed E-state index contributed by atoms with van der Waals surface area (Å²) >= 11 is 0. The zero-order valence-electron chi connectivity index (χ0n) is 10.9. The molecule has 104 valence electrons. The number of ether oxygens (including phenoxy) is 1. The van der Waals surface area contributed by atoms with Crippen LogP contribution in [0, 0.1) is 10.1 Å². The van der Waals surface area contributed by atoms with Gasteiger partial charge in [0.1, 0.15) is 0 Å². The monoisotopic (exact) mass is 266 g/mol. The SMILES string of the molecule is CC1COC(CO)CN1Cc1ccc([N+](=O)[O-])cc1. The molecule has 6 heteroatoms. The van der Waals surface area contributed by atoms with E-state index in [0.717, 1.165) is 5.56 Å². The minimum Gasteiger partial charge on any atom is -0.394 e. The number of nitro groups is 1. The molecule has 0 aliphatic carbocycles. The number of non-ortho nitro benzene ring substituents is 1. The largest absolute Gasteiger partial charge is 0.394 e. The van der Waals surface area contributed by atoms with E-state index in [0.29, 0.717) is 19.7 Å². The highest BCUT2D eigenvalue weighted by Crippen LogP contribution is 2.17. The minimum absolute atomic E-state index is 0.0173. The maximum absolute atomic E-state index is 10.6. The van der Waals surface area contributed by atoms with E-state index < -0.39 is 4.92 Å². The standard InChI is InChI=1S/C13H18N2O4/c1-10-9-19-13(8-16)7-14(10)6-11-2-4-12(5-3-11)15(17)18/h2-5,10,13,16H,6-9H2,1H3. The molecule has 1 aliphatic rings. The molecule has 0 bridgehead atoms. The van der Waals surface area contributed by atoms with Gasteiger partial charge in [0.05, 0.1) is 24.2 Å². The summed E-state index contributed by atoms with van der Waals surface area (Å²) in [5, 5.41) is 19.7. The Balaban J connectivity index is 2.01. The van der Waals surface area contributed by atoms with Crippen LogP contribution >= 0.6 is 0 Å². The van der Waals surface area contributed by atoms with Crippen molar-refractivity contribution in [3.8, 4) is 0 Å². The third kappa shape index (κ3) is 3.50. The summed E-state index contributed by atoms with van der Waals surface area (Å²) in [7, 11) is 0. The Hall–Kier alpha value is -1.50. The molecule has 2 atom stereocenters. The topological polar surface area (TPSA) is 75.8 Å². The van der Waals surface area contributed by atoms with Crippen molar-refractivity contribution in [2.75, 3.05) is 19.8 Å². The lowest BCUT2D eigenvalue weighted by atomic mass is 10.1. The second kappa shape index (κ2) is 6.10. The molecule has 1 aliphatic heterocycles. The van der Waals surface area contributed by atoms with Crippen molar-refractivity contribution in [2.45, 2.75) is 25.6 Å². The fraction of sp³-hybridized carbons (Fsp3) is 0.538. The predicted octanol–water partition coefficient (Wildman–Crippen LogP) is 1.18. The first-order chi connectivity index (χ1) is 9.10. The average molecular weight is 266 g/mol. The van der Waals surface area contributed by atoms with Gasteiger partial charge >= 0.3 is 0 Å². The Morgan fingerprint density at radius 3 is 2.74 bits per heavy atom. The Labute approximate surface area is 111 Å². The molecule has 1 fully saturated rings. The number of aliphatic hydroxyl groups excluding tert-OH is 1. The van der Waals surface area contributed by atoms with E-state index in [1.165, 1.54) is 12.1 Å². The van der Waals surface area contributed by atoms with Gasteiger partial charge in [-0.3, -0.25) is 15.0 Å². The molecule has 2 unspecified atom stereocenters. The van der Waals surface area contributed by atoms with Gasteiger partial charge in [-0.1, -0.05) is 12.1 Å². The first-order valence-corrected chi connectivity index (χ1v) is 6.30. The summed E-state index contributed by atoms with van der Waals surface area (Å²) < 4.78 is 5.48. The number of nitrogens with zero attached hydrogens (tertiary/aromatic N) is 2. The van der Waals surface area contributed by atoms with Crippen molar-refractivity contribution < 1.29 is 14.8 Å². The van der Waals surface area contributed by atoms with Gasteiger partial charge in [-0.25, -0.2) is 0 Å². The fourth-order valence-corrected chi connectivity index (χ4v) is 2.16.